The number of imide groups is 1. The van der Waals surface area contributed by atoms with Gasteiger partial charge < -0.3 is 41.5 Å². The van der Waals surface area contributed by atoms with Crippen LogP contribution in [0.2, 0.25) is 0 Å². The first-order chi connectivity index (χ1) is 24.3. The number of anilines is 1. The fraction of sp³-hybridized carbons (Fsp3) is 0.571. The summed E-state index contributed by atoms with van der Waals surface area (Å²) in [5.41, 5.74) is 6.36. The van der Waals surface area contributed by atoms with E-state index in [9.17, 15) is 33.6 Å². The summed E-state index contributed by atoms with van der Waals surface area (Å²) < 4.78 is 5.46. The van der Waals surface area contributed by atoms with Gasteiger partial charge in [-0.05, 0) is 62.8 Å². The molecule has 2 atom stereocenters. The first-order valence-electron chi connectivity index (χ1n) is 17.5. The van der Waals surface area contributed by atoms with Crippen LogP contribution in [0.25, 0.3) is 0 Å². The van der Waals surface area contributed by atoms with Gasteiger partial charge in [-0.25, -0.2) is 9.59 Å². The van der Waals surface area contributed by atoms with E-state index < -0.39 is 29.9 Å². The van der Waals surface area contributed by atoms with Gasteiger partial charge in [-0.1, -0.05) is 32.4 Å². The van der Waals surface area contributed by atoms with Gasteiger partial charge in [0, 0.05) is 63.5 Å². The Hall–Kier alpha value is -4.99. The van der Waals surface area contributed by atoms with Gasteiger partial charge in [0.15, 0.2) is 0 Å². The molecule has 0 saturated carbocycles. The molecule has 0 aromatic heterocycles. The zero-order valence-electron chi connectivity index (χ0n) is 29.8. The SMILES string of the molecule is CC(C)[C@H](NC(=O)CCCCCN1C(=O)C=CC1=O)C(=O)N[C@@H](CCCCNC(N)=O)C(=O)Nc1ccc(COC(=O)N2CCN(C)CC2)cc1. The highest BCUT2D eigenvalue weighted by molar-refractivity contribution is 6.12. The number of hydrogen-bond donors (Lipinski definition) is 5. The number of primary amides is 1. The van der Waals surface area contributed by atoms with Crippen LogP contribution in [0.1, 0.15) is 64.4 Å². The molecule has 280 valence electrons. The van der Waals surface area contributed by atoms with Crippen LogP contribution in [0, 0.1) is 5.92 Å². The number of nitrogens with one attached hydrogen (secondary N) is 4. The molecule has 3 rings (SSSR count). The number of hydrogen-bond acceptors (Lipinski definition) is 9. The molecule has 0 aliphatic carbocycles. The molecule has 51 heavy (non-hydrogen) atoms. The molecule has 2 heterocycles. The average molecular weight is 713 g/mol. The highest BCUT2D eigenvalue weighted by Crippen LogP contribution is 2.14. The van der Waals surface area contributed by atoms with Crippen LogP contribution in [0.15, 0.2) is 36.4 Å². The van der Waals surface area contributed by atoms with E-state index in [1.54, 1.807) is 43.0 Å². The summed E-state index contributed by atoms with van der Waals surface area (Å²) in [5.74, 6) is -2.26. The molecule has 6 N–H and O–H groups in total. The van der Waals surface area contributed by atoms with E-state index in [0.29, 0.717) is 57.4 Å². The van der Waals surface area contributed by atoms with Gasteiger partial charge in [0.25, 0.3) is 11.8 Å². The molecule has 1 fully saturated rings. The van der Waals surface area contributed by atoms with Crippen molar-refractivity contribution in [2.75, 3.05) is 51.6 Å². The van der Waals surface area contributed by atoms with Crippen molar-refractivity contribution in [3.05, 3.63) is 42.0 Å². The lowest BCUT2D eigenvalue weighted by Crippen LogP contribution is -2.54. The molecule has 16 heteroatoms. The van der Waals surface area contributed by atoms with Crippen molar-refractivity contribution < 1.29 is 38.3 Å². The Morgan fingerprint density at radius 2 is 1.51 bits per heavy atom. The van der Waals surface area contributed by atoms with E-state index >= 15 is 0 Å². The maximum Gasteiger partial charge on any atom is 0.410 e. The predicted octanol–water partition coefficient (Wildman–Crippen LogP) is 1.46. The quantitative estimate of drug-likeness (QED) is 0.104. The average Bonchev–Trinajstić information content (AvgIpc) is 3.41. The number of urea groups is 1. The summed E-state index contributed by atoms with van der Waals surface area (Å²) >= 11 is 0. The number of carbonyl (C=O) groups excluding carboxylic acids is 7. The van der Waals surface area contributed by atoms with Crippen molar-refractivity contribution in [1.82, 2.24) is 30.7 Å². The number of benzene rings is 1. The van der Waals surface area contributed by atoms with Gasteiger partial charge >= 0.3 is 12.1 Å². The maximum absolute atomic E-state index is 13.5. The van der Waals surface area contributed by atoms with Gasteiger partial charge in [0.1, 0.15) is 18.7 Å². The summed E-state index contributed by atoms with van der Waals surface area (Å²) in [4.78, 5) is 91.5. The molecule has 8 amide bonds. The van der Waals surface area contributed by atoms with Crippen LogP contribution in [0.3, 0.4) is 0 Å². The number of rotatable bonds is 19. The summed E-state index contributed by atoms with van der Waals surface area (Å²) in [6, 6.07) is 4.34. The third-order valence-electron chi connectivity index (χ3n) is 8.65. The zero-order valence-corrected chi connectivity index (χ0v) is 29.8. The lowest BCUT2D eigenvalue weighted by atomic mass is 10.0. The van der Waals surface area contributed by atoms with Crippen molar-refractivity contribution >= 4 is 47.3 Å². The minimum absolute atomic E-state index is 0.0814. The fourth-order valence-electron chi connectivity index (χ4n) is 5.52. The van der Waals surface area contributed by atoms with Crippen LogP contribution in [-0.4, -0.2) is 115 Å². The summed E-state index contributed by atoms with van der Waals surface area (Å²) in [7, 11) is 2.00. The van der Waals surface area contributed by atoms with Crippen molar-refractivity contribution in [2.24, 2.45) is 11.7 Å². The molecule has 2 aliphatic heterocycles. The minimum Gasteiger partial charge on any atom is -0.445 e. The molecule has 0 radical (unpaired) electrons. The standard InChI is InChI=1S/C35H52N8O8/c1-24(2)31(40-28(44)10-5-4-8-18-43-29(45)15-16-30(43)46)33(48)39-27(9-6-7-17-37-34(36)49)32(47)38-26-13-11-25(12-14-26)23-51-35(50)42-21-19-41(3)20-22-42/h11-16,24,27,31H,4-10,17-23H2,1-3H3,(H,38,47)(H,39,48)(H,40,44)(H3,36,37,49)/t27-,31-/m0/s1. The second-order valence-corrected chi connectivity index (χ2v) is 13.1. The Bertz CT molecular complexity index is 1390. The highest BCUT2D eigenvalue weighted by Gasteiger charge is 2.29. The number of nitrogens with zero attached hydrogens (tertiary/aromatic N) is 3. The number of likely N-dealkylation sites (N-methyl/N-ethyl adjacent to an activating group) is 1. The molecule has 0 unspecified atom stereocenters. The van der Waals surface area contributed by atoms with Crippen LogP contribution in [0.5, 0.6) is 0 Å². The first-order valence-corrected chi connectivity index (χ1v) is 17.5. The molecular weight excluding hydrogens is 660 g/mol. The molecule has 1 aromatic rings. The molecule has 1 saturated heterocycles. The van der Waals surface area contributed by atoms with E-state index in [4.69, 9.17) is 10.5 Å². The molecular formula is C35H52N8O8. The zero-order chi connectivity index (χ0) is 37.3. The summed E-state index contributed by atoms with van der Waals surface area (Å²) in [6.07, 6.45) is 5.18. The number of carbonyl (C=O) groups is 7. The number of piperazine rings is 1. The smallest absolute Gasteiger partial charge is 0.410 e. The Morgan fingerprint density at radius 1 is 0.843 bits per heavy atom. The predicted molar refractivity (Wildman–Crippen MR) is 189 cm³/mol. The van der Waals surface area contributed by atoms with Gasteiger partial charge in [-0.2, -0.15) is 0 Å². The normalized spacial score (nSPS) is 15.8. The van der Waals surface area contributed by atoms with Crippen LogP contribution in [0.4, 0.5) is 15.3 Å². The van der Waals surface area contributed by atoms with Crippen LogP contribution in [-0.2, 0) is 35.3 Å². The maximum atomic E-state index is 13.5. The highest BCUT2D eigenvalue weighted by atomic mass is 16.6. The van der Waals surface area contributed by atoms with Crippen LogP contribution < -0.4 is 27.0 Å². The van der Waals surface area contributed by atoms with Gasteiger partial charge in [0.05, 0.1) is 0 Å². The summed E-state index contributed by atoms with van der Waals surface area (Å²) in [6.45, 7) is 7.04. The molecule has 16 nitrogen and oxygen atoms in total. The van der Waals surface area contributed by atoms with E-state index in [0.717, 1.165) is 23.6 Å². The second-order valence-electron chi connectivity index (χ2n) is 13.1. The third kappa shape index (κ3) is 14.0. The minimum atomic E-state index is -0.945. The van der Waals surface area contributed by atoms with Crippen molar-refractivity contribution in [3.8, 4) is 0 Å². The van der Waals surface area contributed by atoms with E-state index in [1.807, 2.05) is 7.05 Å². The largest absolute Gasteiger partial charge is 0.445 e. The number of unbranched alkanes of at least 4 members (excludes halogenated alkanes) is 3. The molecule has 0 spiro atoms. The summed E-state index contributed by atoms with van der Waals surface area (Å²) in [5, 5.41) is 10.9. The monoisotopic (exact) mass is 712 g/mol. The lowest BCUT2D eigenvalue weighted by Gasteiger charge is -2.31. The number of amides is 8. The van der Waals surface area contributed by atoms with Crippen molar-refractivity contribution in [2.45, 2.75) is 77.5 Å². The fourth-order valence-corrected chi connectivity index (χ4v) is 5.52. The molecule has 1 aromatic carbocycles. The van der Waals surface area contributed by atoms with Gasteiger partial charge in [-0.3, -0.25) is 28.9 Å². The number of nitrogens with two attached hydrogens (primary N) is 1. The second kappa shape index (κ2) is 20.6. The Labute approximate surface area is 298 Å². The topological polar surface area (TPSA) is 213 Å². The van der Waals surface area contributed by atoms with Gasteiger partial charge in [0.2, 0.25) is 17.7 Å². The molecule has 2 aliphatic rings. The number of ether oxygens (including phenoxy) is 1. The van der Waals surface area contributed by atoms with E-state index in [2.05, 4.69) is 26.2 Å². The van der Waals surface area contributed by atoms with Crippen molar-refractivity contribution in [1.29, 1.82) is 0 Å². The van der Waals surface area contributed by atoms with Crippen molar-refractivity contribution in [3.63, 3.8) is 0 Å². The van der Waals surface area contributed by atoms with E-state index in [1.165, 1.54) is 12.2 Å². The lowest BCUT2D eigenvalue weighted by molar-refractivity contribution is -0.137. The Morgan fingerprint density at radius 3 is 2.14 bits per heavy atom. The third-order valence-corrected chi connectivity index (χ3v) is 8.65. The molecule has 0 bridgehead atoms. The van der Waals surface area contributed by atoms with Crippen LogP contribution >= 0.6 is 0 Å². The van der Waals surface area contributed by atoms with Gasteiger partial charge in [-0.15, -0.1) is 0 Å². The Balaban J connectivity index is 1.52. The van der Waals surface area contributed by atoms with E-state index in [-0.39, 0.29) is 55.7 Å². The first kappa shape index (κ1) is 40.4. The Kier molecular flexibility index (Phi) is 16.4.